The molecule has 6 nitrogen and oxygen atoms in total. The normalized spacial score (nSPS) is 15.0. The van der Waals surface area contributed by atoms with Crippen LogP contribution in [-0.4, -0.2) is 47.9 Å². The molecule has 0 aliphatic carbocycles. The van der Waals surface area contributed by atoms with Crippen LogP contribution in [0.4, 0.5) is 10.5 Å². The van der Waals surface area contributed by atoms with Gasteiger partial charge in [0.15, 0.2) is 4.67 Å². The van der Waals surface area contributed by atoms with E-state index < -0.39 is 0 Å². The molecule has 8 heteroatoms. The molecule has 0 unspecified atom stereocenters. The third kappa shape index (κ3) is 4.55. The van der Waals surface area contributed by atoms with E-state index in [4.69, 9.17) is 16.0 Å². The summed E-state index contributed by atoms with van der Waals surface area (Å²) in [6.07, 6.45) is 2.15. The van der Waals surface area contributed by atoms with E-state index in [0.29, 0.717) is 53.5 Å². The summed E-state index contributed by atoms with van der Waals surface area (Å²) < 4.78 is 5.65. The molecule has 2 heterocycles. The summed E-state index contributed by atoms with van der Waals surface area (Å²) >= 11 is 9.13. The van der Waals surface area contributed by atoms with Crippen molar-refractivity contribution in [2.45, 2.75) is 6.42 Å². The van der Waals surface area contributed by atoms with Crippen LogP contribution in [0.5, 0.6) is 0 Å². The maximum Gasteiger partial charge on any atom is 0.321 e. The number of halogens is 2. The lowest BCUT2D eigenvalue weighted by Crippen LogP contribution is -2.39. The number of benzene rings is 1. The monoisotopic (exact) mass is 425 g/mol. The summed E-state index contributed by atoms with van der Waals surface area (Å²) in [5.41, 5.74) is 1.15. The minimum atomic E-state index is -0.192. The quantitative estimate of drug-likeness (QED) is 0.787. The predicted octanol–water partition coefficient (Wildman–Crippen LogP) is 4.08. The van der Waals surface area contributed by atoms with Crippen LogP contribution < -0.4 is 5.32 Å². The lowest BCUT2D eigenvalue weighted by molar-refractivity contribution is 0.0762. The van der Waals surface area contributed by atoms with Gasteiger partial charge in [0.1, 0.15) is 6.26 Å². The van der Waals surface area contributed by atoms with Crippen LogP contribution in [0.1, 0.15) is 16.8 Å². The minimum absolute atomic E-state index is 0.0912. The van der Waals surface area contributed by atoms with Gasteiger partial charge in [-0.25, -0.2) is 4.79 Å². The smallest absolute Gasteiger partial charge is 0.321 e. The first-order valence-electron chi connectivity index (χ1n) is 7.88. The third-order valence-corrected chi connectivity index (χ3v) is 4.61. The SMILES string of the molecule is O=C(Nc1cccc(Cl)c1)N1CCCN(C(=O)c2coc(Br)c2)CC1. The number of amides is 3. The van der Waals surface area contributed by atoms with Crippen LogP contribution in [0.15, 0.2) is 45.7 Å². The predicted molar refractivity (Wildman–Crippen MR) is 99.0 cm³/mol. The molecule has 0 bridgehead atoms. The van der Waals surface area contributed by atoms with E-state index >= 15 is 0 Å². The maximum atomic E-state index is 12.5. The number of urea groups is 1. The molecular formula is C17H17BrClN3O3. The van der Waals surface area contributed by atoms with Crippen molar-refractivity contribution < 1.29 is 14.0 Å². The summed E-state index contributed by atoms with van der Waals surface area (Å²) in [6.45, 7) is 2.13. The second kappa shape index (κ2) is 7.93. The Morgan fingerprint density at radius 3 is 2.60 bits per heavy atom. The fourth-order valence-electron chi connectivity index (χ4n) is 2.70. The fraction of sp³-hybridized carbons (Fsp3) is 0.294. The molecule has 1 N–H and O–H groups in total. The summed E-state index contributed by atoms with van der Waals surface area (Å²) in [7, 11) is 0. The van der Waals surface area contributed by atoms with Gasteiger partial charge in [0.2, 0.25) is 0 Å². The van der Waals surface area contributed by atoms with Gasteiger partial charge in [-0.1, -0.05) is 17.7 Å². The second-order valence-corrected chi connectivity index (χ2v) is 6.93. The van der Waals surface area contributed by atoms with Gasteiger partial charge in [0.05, 0.1) is 5.56 Å². The van der Waals surface area contributed by atoms with E-state index in [1.165, 1.54) is 6.26 Å². The average Bonchev–Trinajstić information content (AvgIpc) is 2.87. The van der Waals surface area contributed by atoms with Gasteiger partial charge in [-0.3, -0.25) is 4.79 Å². The van der Waals surface area contributed by atoms with E-state index in [2.05, 4.69) is 21.2 Å². The molecule has 0 radical (unpaired) electrons. The molecule has 25 heavy (non-hydrogen) atoms. The van der Waals surface area contributed by atoms with Gasteiger partial charge in [-0.05, 0) is 40.5 Å². The Labute approximate surface area is 158 Å². The number of carbonyl (C=O) groups excluding carboxylic acids is 2. The number of rotatable bonds is 2. The molecular weight excluding hydrogens is 410 g/mol. The Morgan fingerprint density at radius 1 is 1.12 bits per heavy atom. The first kappa shape index (κ1) is 17.8. The van der Waals surface area contributed by atoms with E-state index in [-0.39, 0.29) is 11.9 Å². The van der Waals surface area contributed by atoms with Gasteiger partial charge >= 0.3 is 6.03 Å². The molecule has 0 atom stereocenters. The van der Waals surface area contributed by atoms with Crippen molar-refractivity contribution in [2.24, 2.45) is 0 Å². The number of nitrogens with one attached hydrogen (secondary N) is 1. The first-order valence-corrected chi connectivity index (χ1v) is 9.05. The van der Waals surface area contributed by atoms with Crippen molar-refractivity contribution in [1.29, 1.82) is 0 Å². The summed E-state index contributed by atoms with van der Waals surface area (Å²) in [6, 6.07) is 8.47. The molecule has 3 amide bonds. The zero-order chi connectivity index (χ0) is 17.8. The molecule has 1 saturated heterocycles. The number of hydrogen-bond donors (Lipinski definition) is 1. The lowest BCUT2D eigenvalue weighted by Gasteiger charge is -2.22. The van der Waals surface area contributed by atoms with Crippen molar-refractivity contribution in [3.8, 4) is 0 Å². The Kier molecular flexibility index (Phi) is 5.65. The first-order chi connectivity index (χ1) is 12.0. The summed E-state index contributed by atoms with van der Waals surface area (Å²) in [4.78, 5) is 28.4. The molecule has 1 aromatic carbocycles. The number of hydrogen-bond acceptors (Lipinski definition) is 3. The van der Waals surface area contributed by atoms with Crippen molar-refractivity contribution in [3.05, 3.63) is 51.9 Å². The van der Waals surface area contributed by atoms with Gasteiger partial charge < -0.3 is 19.5 Å². The van der Waals surface area contributed by atoms with Gasteiger partial charge in [0, 0.05) is 43.0 Å². The highest BCUT2D eigenvalue weighted by Crippen LogP contribution is 2.18. The molecule has 1 aliphatic rings. The van der Waals surface area contributed by atoms with Crippen LogP contribution in [-0.2, 0) is 0 Å². The third-order valence-electron chi connectivity index (χ3n) is 3.96. The van der Waals surface area contributed by atoms with E-state index in [1.54, 1.807) is 40.1 Å². The van der Waals surface area contributed by atoms with Crippen LogP contribution in [0.3, 0.4) is 0 Å². The van der Waals surface area contributed by atoms with Crippen molar-refractivity contribution in [1.82, 2.24) is 9.80 Å². The van der Waals surface area contributed by atoms with Crippen LogP contribution in [0, 0.1) is 0 Å². The highest BCUT2D eigenvalue weighted by Gasteiger charge is 2.23. The fourth-order valence-corrected chi connectivity index (χ4v) is 3.23. The molecule has 1 aromatic heterocycles. The average molecular weight is 427 g/mol. The molecule has 0 spiro atoms. The zero-order valence-corrected chi connectivity index (χ0v) is 15.7. The van der Waals surface area contributed by atoms with Gasteiger partial charge in [-0.2, -0.15) is 0 Å². The standard InChI is InChI=1S/C17H17BrClN3O3/c18-15-9-12(11-25-15)16(23)21-5-2-6-22(8-7-21)17(24)20-14-4-1-3-13(19)10-14/h1,3-4,9-11H,2,5-8H2,(H,20,24). The van der Waals surface area contributed by atoms with E-state index in [1.807, 2.05) is 0 Å². The number of carbonyl (C=O) groups is 2. The Hall–Kier alpha value is -1.99. The second-order valence-electron chi connectivity index (χ2n) is 5.71. The molecule has 0 saturated carbocycles. The topological polar surface area (TPSA) is 65.8 Å². The maximum absolute atomic E-state index is 12.5. The molecule has 3 rings (SSSR count). The Morgan fingerprint density at radius 2 is 1.88 bits per heavy atom. The minimum Gasteiger partial charge on any atom is -0.457 e. The Bertz CT molecular complexity index is 780. The summed E-state index contributed by atoms with van der Waals surface area (Å²) in [5.74, 6) is -0.0912. The molecule has 132 valence electrons. The van der Waals surface area contributed by atoms with Gasteiger partial charge in [-0.15, -0.1) is 0 Å². The highest BCUT2D eigenvalue weighted by atomic mass is 79.9. The van der Waals surface area contributed by atoms with Crippen LogP contribution >= 0.6 is 27.5 Å². The lowest BCUT2D eigenvalue weighted by atomic mass is 10.3. The molecule has 2 aromatic rings. The van der Waals surface area contributed by atoms with Crippen molar-refractivity contribution in [2.75, 3.05) is 31.5 Å². The largest absolute Gasteiger partial charge is 0.457 e. The van der Waals surface area contributed by atoms with E-state index in [0.717, 1.165) is 0 Å². The van der Waals surface area contributed by atoms with Crippen molar-refractivity contribution in [3.63, 3.8) is 0 Å². The molecule has 1 fully saturated rings. The summed E-state index contributed by atoms with van der Waals surface area (Å²) in [5, 5.41) is 3.40. The van der Waals surface area contributed by atoms with E-state index in [9.17, 15) is 9.59 Å². The van der Waals surface area contributed by atoms with Gasteiger partial charge in [0.25, 0.3) is 5.91 Å². The van der Waals surface area contributed by atoms with Crippen LogP contribution in [0.25, 0.3) is 0 Å². The highest BCUT2D eigenvalue weighted by molar-refractivity contribution is 9.10. The van der Waals surface area contributed by atoms with Crippen molar-refractivity contribution >= 4 is 45.2 Å². The number of nitrogens with zero attached hydrogens (tertiary/aromatic N) is 2. The number of furan rings is 1. The molecule has 1 aliphatic heterocycles. The number of anilines is 1. The Balaban J connectivity index is 1.59. The zero-order valence-electron chi connectivity index (χ0n) is 13.4. The van der Waals surface area contributed by atoms with Crippen LogP contribution in [0.2, 0.25) is 5.02 Å².